The minimum atomic E-state index is -3.83. The molecule has 8 heteroatoms. The number of halogens is 1. The first kappa shape index (κ1) is 16.8. The second-order valence-corrected chi connectivity index (χ2v) is 6.58. The van der Waals surface area contributed by atoms with Crippen LogP contribution < -0.4 is 0 Å². The van der Waals surface area contributed by atoms with Crippen LogP contribution >= 0.6 is 15.9 Å². The summed E-state index contributed by atoms with van der Waals surface area (Å²) in [6.07, 6.45) is 4.10. The Morgan fingerprint density at radius 1 is 1.55 bits per heavy atom. The third-order valence-corrected chi connectivity index (χ3v) is 4.47. The summed E-state index contributed by atoms with van der Waals surface area (Å²) in [6, 6.07) is 1.42. The van der Waals surface area contributed by atoms with Crippen LogP contribution in [0.2, 0.25) is 0 Å². The predicted molar refractivity (Wildman–Crippen MR) is 77.5 cm³/mol. The summed E-state index contributed by atoms with van der Waals surface area (Å²) < 4.78 is 31.1. The number of nitrogens with zero attached hydrogens (tertiary/aromatic N) is 2. The molecule has 110 valence electrons. The molecule has 0 bridgehead atoms. The van der Waals surface area contributed by atoms with Crippen LogP contribution in [0, 0.1) is 0 Å². The fourth-order valence-electron chi connectivity index (χ4n) is 1.42. The first-order chi connectivity index (χ1) is 9.41. The number of rotatable bonds is 7. The van der Waals surface area contributed by atoms with Gasteiger partial charge in [0, 0.05) is 23.4 Å². The van der Waals surface area contributed by atoms with Gasteiger partial charge in [0.2, 0.25) is 10.0 Å². The van der Waals surface area contributed by atoms with Crippen molar-refractivity contribution in [2.75, 3.05) is 19.7 Å². The standard InChI is InChI=1S/C12H15BrN2O4S/c1-3-5-15(9-12(16)19-4-2)20(17,18)11-6-10(13)7-14-8-11/h3,6-8H,1,4-5,9H2,2H3. The monoisotopic (exact) mass is 362 g/mol. The molecule has 0 aliphatic rings. The van der Waals surface area contributed by atoms with Crippen molar-refractivity contribution >= 4 is 31.9 Å². The molecule has 0 aromatic carbocycles. The van der Waals surface area contributed by atoms with Gasteiger partial charge in [-0.25, -0.2) is 8.42 Å². The average molecular weight is 363 g/mol. The van der Waals surface area contributed by atoms with E-state index in [2.05, 4.69) is 27.5 Å². The van der Waals surface area contributed by atoms with Crippen molar-refractivity contribution in [1.29, 1.82) is 0 Å². The summed E-state index contributed by atoms with van der Waals surface area (Å²) in [5, 5.41) is 0. The lowest BCUT2D eigenvalue weighted by Crippen LogP contribution is -2.36. The molecule has 1 rings (SSSR count). The molecule has 0 saturated heterocycles. The summed E-state index contributed by atoms with van der Waals surface area (Å²) in [5.74, 6) is -0.610. The van der Waals surface area contributed by atoms with Gasteiger partial charge in [0.1, 0.15) is 11.4 Å². The van der Waals surface area contributed by atoms with E-state index in [1.165, 1.54) is 24.5 Å². The molecule has 0 aliphatic heterocycles. The topological polar surface area (TPSA) is 76.6 Å². The third-order valence-electron chi connectivity index (χ3n) is 2.26. The number of carbonyl (C=O) groups is 1. The van der Waals surface area contributed by atoms with Crippen molar-refractivity contribution in [2.24, 2.45) is 0 Å². The molecule has 0 unspecified atom stereocenters. The van der Waals surface area contributed by atoms with E-state index in [-0.39, 0.29) is 24.6 Å². The van der Waals surface area contributed by atoms with Gasteiger partial charge >= 0.3 is 5.97 Å². The number of aromatic nitrogens is 1. The zero-order valence-electron chi connectivity index (χ0n) is 11.0. The van der Waals surface area contributed by atoms with Gasteiger partial charge in [-0.3, -0.25) is 9.78 Å². The minimum absolute atomic E-state index is 0.00183. The van der Waals surface area contributed by atoms with E-state index in [1.807, 2.05) is 0 Å². The smallest absolute Gasteiger partial charge is 0.321 e. The zero-order valence-corrected chi connectivity index (χ0v) is 13.4. The van der Waals surface area contributed by atoms with Crippen LogP contribution in [0.3, 0.4) is 0 Å². The number of hydrogen-bond acceptors (Lipinski definition) is 5. The second-order valence-electron chi connectivity index (χ2n) is 3.73. The number of ether oxygens (including phenoxy) is 1. The predicted octanol–water partition coefficient (Wildman–Crippen LogP) is 1.58. The molecule has 0 saturated carbocycles. The molecule has 0 fully saturated rings. The molecule has 0 spiro atoms. The highest BCUT2D eigenvalue weighted by atomic mass is 79.9. The second kappa shape index (κ2) is 7.51. The van der Waals surface area contributed by atoms with Gasteiger partial charge in [-0.05, 0) is 28.9 Å². The Balaban J connectivity index is 3.06. The van der Waals surface area contributed by atoms with E-state index in [1.54, 1.807) is 6.92 Å². The van der Waals surface area contributed by atoms with Crippen LogP contribution in [0.15, 0.2) is 40.5 Å². The Morgan fingerprint density at radius 2 is 2.25 bits per heavy atom. The van der Waals surface area contributed by atoms with Crippen molar-refractivity contribution in [3.63, 3.8) is 0 Å². The number of pyridine rings is 1. The lowest BCUT2D eigenvalue weighted by molar-refractivity contribution is -0.143. The molecule has 20 heavy (non-hydrogen) atoms. The van der Waals surface area contributed by atoms with Crippen molar-refractivity contribution in [3.05, 3.63) is 35.6 Å². The Kier molecular flexibility index (Phi) is 6.31. The van der Waals surface area contributed by atoms with Gasteiger partial charge in [-0.15, -0.1) is 6.58 Å². The molecule has 0 radical (unpaired) electrons. The van der Waals surface area contributed by atoms with Crippen LogP contribution in [0.4, 0.5) is 0 Å². The van der Waals surface area contributed by atoms with Gasteiger partial charge in [-0.2, -0.15) is 4.31 Å². The molecule has 1 heterocycles. The number of sulfonamides is 1. The van der Waals surface area contributed by atoms with Crippen molar-refractivity contribution in [2.45, 2.75) is 11.8 Å². The van der Waals surface area contributed by atoms with Crippen LogP contribution in [-0.2, 0) is 19.6 Å². The lowest BCUT2D eigenvalue weighted by atomic mass is 10.5. The molecule has 1 aromatic rings. The highest BCUT2D eigenvalue weighted by Crippen LogP contribution is 2.18. The summed E-state index contributed by atoms with van der Waals surface area (Å²) in [7, 11) is -3.83. The van der Waals surface area contributed by atoms with E-state index < -0.39 is 16.0 Å². The summed E-state index contributed by atoms with van der Waals surface area (Å²) in [4.78, 5) is 15.3. The summed E-state index contributed by atoms with van der Waals surface area (Å²) in [5.41, 5.74) is 0. The fraction of sp³-hybridized carbons (Fsp3) is 0.333. The molecule has 6 nitrogen and oxygen atoms in total. The van der Waals surface area contributed by atoms with Gasteiger partial charge in [0.15, 0.2) is 0 Å². The maximum atomic E-state index is 12.4. The maximum absolute atomic E-state index is 12.4. The SMILES string of the molecule is C=CCN(CC(=O)OCC)S(=O)(=O)c1cncc(Br)c1. The van der Waals surface area contributed by atoms with E-state index in [9.17, 15) is 13.2 Å². The largest absolute Gasteiger partial charge is 0.465 e. The molecule has 0 amide bonds. The van der Waals surface area contributed by atoms with Crippen LogP contribution in [0.5, 0.6) is 0 Å². The van der Waals surface area contributed by atoms with Crippen molar-refractivity contribution in [1.82, 2.24) is 9.29 Å². The first-order valence-electron chi connectivity index (χ1n) is 5.79. The lowest BCUT2D eigenvalue weighted by Gasteiger charge is -2.19. The molecular formula is C12H15BrN2O4S. The van der Waals surface area contributed by atoms with E-state index >= 15 is 0 Å². The Hall–Kier alpha value is -1.25. The number of esters is 1. The fourth-order valence-corrected chi connectivity index (χ4v) is 3.29. The van der Waals surface area contributed by atoms with Crippen molar-refractivity contribution in [3.8, 4) is 0 Å². The minimum Gasteiger partial charge on any atom is -0.465 e. The number of carbonyl (C=O) groups excluding carboxylic acids is 1. The van der Waals surface area contributed by atoms with Crippen molar-refractivity contribution < 1.29 is 17.9 Å². The summed E-state index contributed by atoms with van der Waals surface area (Å²) >= 11 is 3.16. The van der Waals surface area contributed by atoms with Crippen LogP contribution in [0.25, 0.3) is 0 Å². The van der Waals surface area contributed by atoms with Gasteiger partial charge in [0.05, 0.1) is 6.61 Å². The van der Waals surface area contributed by atoms with E-state index in [0.717, 1.165) is 4.31 Å². The maximum Gasteiger partial charge on any atom is 0.321 e. The first-order valence-corrected chi connectivity index (χ1v) is 8.02. The normalized spacial score (nSPS) is 11.3. The van der Waals surface area contributed by atoms with Gasteiger partial charge in [-0.1, -0.05) is 6.08 Å². The highest BCUT2D eigenvalue weighted by Gasteiger charge is 2.26. The molecule has 0 aliphatic carbocycles. The quantitative estimate of drug-likeness (QED) is 0.543. The van der Waals surface area contributed by atoms with E-state index in [0.29, 0.717) is 4.47 Å². The Morgan fingerprint density at radius 3 is 2.80 bits per heavy atom. The van der Waals surface area contributed by atoms with Gasteiger partial charge < -0.3 is 4.74 Å². The third kappa shape index (κ3) is 4.39. The average Bonchev–Trinajstić information content (AvgIpc) is 2.38. The van der Waals surface area contributed by atoms with Crippen LogP contribution in [-0.4, -0.2) is 43.4 Å². The Bertz CT molecular complexity index is 589. The Labute approximate surface area is 126 Å². The molecule has 0 N–H and O–H groups in total. The highest BCUT2D eigenvalue weighted by molar-refractivity contribution is 9.10. The molecule has 1 aromatic heterocycles. The summed E-state index contributed by atoms with van der Waals surface area (Å²) in [6.45, 7) is 4.99. The zero-order chi connectivity index (χ0) is 15.2. The number of hydrogen-bond donors (Lipinski definition) is 0. The molecular weight excluding hydrogens is 348 g/mol. The van der Waals surface area contributed by atoms with E-state index in [4.69, 9.17) is 4.74 Å². The molecule has 0 atom stereocenters. The van der Waals surface area contributed by atoms with Gasteiger partial charge in [0.25, 0.3) is 0 Å². The van der Waals surface area contributed by atoms with Crippen LogP contribution in [0.1, 0.15) is 6.92 Å².